The van der Waals surface area contributed by atoms with Crippen LogP contribution in [0.15, 0.2) is 71.6 Å². The van der Waals surface area contributed by atoms with Crippen molar-refractivity contribution in [1.29, 1.82) is 0 Å². The zero-order chi connectivity index (χ0) is 25.0. The van der Waals surface area contributed by atoms with Crippen LogP contribution >= 0.6 is 11.6 Å². The Morgan fingerprint density at radius 2 is 1.89 bits per heavy atom. The van der Waals surface area contributed by atoms with E-state index in [1.807, 2.05) is 6.92 Å². The molecule has 0 aromatic heterocycles. The van der Waals surface area contributed by atoms with Gasteiger partial charge >= 0.3 is 0 Å². The molecule has 1 amide bonds. The smallest absolute Gasteiger partial charge is 0.264 e. The minimum atomic E-state index is -3.97. The van der Waals surface area contributed by atoms with E-state index in [1.54, 1.807) is 54.6 Å². The van der Waals surface area contributed by atoms with Crippen molar-refractivity contribution in [2.75, 3.05) is 31.1 Å². The number of methoxy groups -OCH3 is 1. The number of nitrogens with one attached hydrogen (secondary N) is 1. The summed E-state index contributed by atoms with van der Waals surface area (Å²) in [4.78, 5) is 13.0. The van der Waals surface area contributed by atoms with E-state index in [2.05, 4.69) is 5.32 Å². The van der Waals surface area contributed by atoms with Gasteiger partial charge in [0.1, 0.15) is 23.9 Å². The summed E-state index contributed by atoms with van der Waals surface area (Å²) in [7, 11) is -2.46. The van der Waals surface area contributed by atoms with E-state index < -0.39 is 22.0 Å². The number of carbonyl (C=O) groups is 1. The van der Waals surface area contributed by atoms with Crippen molar-refractivity contribution in [2.45, 2.75) is 17.9 Å². The minimum absolute atomic E-state index is 0.0833. The fraction of sp³-hybridized carbons (Fsp3) is 0.240. The van der Waals surface area contributed by atoms with Crippen LogP contribution in [0.3, 0.4) is 0 Å². The molecule has 1 heterocycles. The van der Waals surface area contributed by atoms with Gasteiger partial charge in [-0.1, -0.05) is 29.8 Å². The zero-order valence-corrected chi connectivity index (χ0v) is 20.8. The lowest BCUT2D eigenvalue weighted by atomic mass is 10.1. The maximum Gasteiger partial charge on any atom is 0.264 e. The minimum Gasteiger partial charge on any atom is -0.497 e. The Bertz CT molecular complexity index is 1310. The molecule has 1 aliphatic heterocycles. The Morgan fingerprint density at radius 3 is 2.60 bits per heavy atom. The number of sulfonamides is 1. The Balaban J connectivity index is 1.50. The standard InChI is InChI=1S/C25H25ClN2O6S/c1-17-7-12-23-21(15-17)28(35(30,31)19-10-8-18(32-2)9-11-19)16-24(34-23)25(29)27-13-14-33-22-6-4-3-5-20(22)26/h3-12,15,24H,13-14,16H2,1-2H3,(H,27,29). The van der Waals surface area contributed by atoms with Crippen LogP contribution in [-0.2, 0) is 14.8 Å². The highest BCUT2D eigenvalue weighted by Gasteiger charge is 2.37. The van der Waals surface area contributed by atoms with Crippen LogP contribution in [0, 0.1) is 6.92 Å². The van der Waals surface area contributed by atoms with Crippen molar-refractivity contribution < 1.29 is 27.4 Å². The number of anilines is 1. The Hall–Kier alpha value is -3.43. The Labute approximate surface area is 209 Å². The van der Waals surface area contributed by atoms with Crippen LogP contribution in [0.2, 0.25) is 5.02 Å². The molecule has 3 aromatic carbocycles. The first-order chi connectivity index (χ1) is 16.8. The molecule has 0 saturated carbocycles. The first-order valence-electron chi connectivity index (χ1n) is 10.9. The van der Waals surface area contributed by atoms with Gasteiger partial charge in [-0.25, -0.2) is 8.42 Å². The number of para-hydroxylation sites is 1. The van der Waals surface area contributed by atoms with Crippen LogP contribution in [0.4, 0.5) is 5.69 Å². The topological polar surface area (TPSA) is 94.2 Å². The summed E-state index contributed by atoms with van der Waals surface area (Å²) >= 11 is 6.07. The molecule has 0 bridgehead atoms. The molecule has 4 rings (SSSR count). The normalized spacial score (nSPS) is 15.1. The molecule has 0 radical (unpaired) electrons. The van der Waals surface area contributed by atoms with Crippen molar-refractivity contribution >= 4 is 33.2 Å². The number of aryl methyl sites for hydroxylation is 1. The van der Waals surface area contributed by atoms with Gasteiger partial charge in [0.2, 0.25) is 0 Å². The van der Waals surface area contributed by atoms with Crippen molar-refractivity contribution in [3.63, 3.8) is 0 Å². The molecule has 1 N–H and O–H groups in total. The van der Waals surface area contributed by atoms with Crippen LogP contribution < -0.4 is 23.8 Å². The third-order valence-corrected chi connectivity index (χ3v) is 7.53. The lowest BCUT2D eigenvalue weighted by Gasteiger charge is -2.35. The number of hydrogen-bond acceptors (Lipinski definition) is 6. The summed E-state index contributed by atoms with van der Waals surface area (Å²) in [6.45, 7) is 2.06. The van der Waals surface area contributed by atoms with E-state index in [0.29, 0.717) is 28.0 Å². The second-order valence-corrected chi connectivity index (χ2v) is 10.1. The van der Waals surface area contributed by atoms with Crippen molar-refractivity contribution in [3.05, 3.63) is 77.3 Å². The van der Waals surface area contributed by atoms with Gasteiger partial charge in [0.25, 0.3) is 15.9 Å². The first kappa shape index (κ1) is 24.7. The first-order valence-corrected chi connectivity index (χ1v) is 12.7. The van der Waals surface area contributed by atoms with Crippen molar-refractivity contribution in [3.8, 4) is 17.2 Å². The zero-order valence-electron chi connectivity index (χ0n) is 19.2. The third-order valence-electron chi connectivity index (χ3n) is 5.42. The molecule has 0 fully saturated rings. The predicted octanol–water partition coefficient (Wildman–Crippen LogP) is 3.81. The lowest BCUT2D eigenvalue weighted by molar-refractivity contribution is -0.127. The van der Waals surface area contributed by atoms with E-state index in [1.165, 1.54) is 23.5 Å². The number of halogens is 1. The third kappa shape index (κ3) is 5.47. The maximum absolute atomic E-state index is 13.5. The van der Waals surface area contributed by atoms with Gasteiger partial charge in [0.15, 0.2) is 6.10 Å². The molecular formula is C25H25ClN2O6S. The highest BCUT2D eigenvalue weighted by molar-refractivity contribution is 7.92. The maximum atomic E-state index is 13.5. The van der Waals surface area contributed by atoms with Gasteiger partial charge in [0, 0.05) is 0 Å². The van der Waals surface area contributed by atoms with Crippen molar-refractivity contribution in [1.82, 2.24) is 5.32 Å². The number of fused-ring (bicyclic) bond motifs is 1. The van der Waals surface area contributed by atoms with Gasteiger partial charge in [-0.3, -0.25) is 9.10 Å². The molecule has 1 unspecified atom stereocenters. The summed E-state index contributed by atoms with van der Waals surface area (Å²) < 4.78 is 44.9. The van der Waals surface area contributed by atoms with Gasteiger partial charge in [-0.05, 0) is 61.0 Å². The number of nitrogens with zero attached hydrogens (tertiary/aromatic N) is 1. The lowest BCUT2D eigenvalue weighted by Crippen LogP contribution is -2.51. The average Bonchev–Trinajstić information content (AvgIpc) is 2.86. The van der Waals surface area contributed by atoms with E-state index >= 15 is 0 Å². The quantitative estimate of drug-likeness (QED) is 0.458. The Kier molecular flexibility index (Phi) is 7.37. The van der Waals surface area contributed by atoms with Crippen LogP contribution in [0.1, 0.15) is 5.56 Å². The fourth-order valence-corrected chi connectivity index (χ4v) is 5.27. The predicted molar refractivity (Wildman–Crippen MR) is 133 cm³/mol. The number of hydrogen-bond donors (Lipinski definition) is 1. The van der Waals surface area contributed by atoms with Gasteiger partial charge < -0.3 is 19.5 Å². The number of carbonyl (C=O) groups excluding carboxylic acids is 1. The summed E-state index contributed by atoms with van der Waals surface area (Å²) in [5.41, 5.74) is 1.24. The highest BCUT2D eigenvalue weighted by atomic mass is 35.5. The monoisotopic (exact) mass is 516 g/mol. The molecule has 184 valence electrons. The Morgan fingerprint density at radius 1 is 1.14 bits per heavy atom. The van der Waals surface area contributed by atoms with E-state index in [9.17, 15) is 13.2 Å². The number of rotatable bonds is 8. The summed E-state index contributed by atoms with van der Waals surface area (Å²) in [5.74, 6) is 0.914. The molecule has 1 aliphatic rings. The molecule has 0 saturated heterocycles. The summed E-state index contributed by atoms with van der Waals surface area (Å²) in [6.07, 6.45) is -1.04. The largest absolute Gasteiger partial charge is 0.497 e. The molecule has 3 aromatic rings. The summed E-state index contributed by atoms with van der Waals surface area (Å²) in [6, 6.07) is 18.3. The van der Waals surface area contributed by atoms with Gasteiger partial charge in [0.05, 0.1) is 35.8 Å². The molecule has 1 atom stereocenters. The van der Waals surface area contributed by atoms with E-state index in [-0.39, 0.29) is 24.6 Å². The highest BCUT2D eigenvalue weighted by Crippen LogP contribution is 2.38. The van der Waals surface area contributed by atoms with Crippen LogP contribution in [-0.4, -0.2) is 47.2 Å². The number of benzene rings is 3. The molecule has 0 aliphatic carbocycles. The van der Waals surface area contributed by atoms with Crippen molar-refractivity contribution in [2.24, 2.45) is 0 Å². The molecule has 10 heteroatoms. The molecule has 0 spiro atoms. The van der Waals surface area contributed by atoms with E-state index in [4.69, 9.17) is 25.8 Å². The average molecular weight is 517 g/mol. The molecule has 8 nitrogen and oxygen atoms in total. The second-order valence-electron chi connectivity index (χ2n) is 7.86. The van der Waals surface area contributed by atoms with Crippen LogP contribution in [0.5, 0.6) is 17.2 Å². The number of ether oxygens (including phenoxy) is 3. The van der Waals surface area contributed by atoms with E-state index in [0.717, 1.165) is 5.56 Å². The van der Waals surface area contributed by atoms with Crippen LogP contribution in [0.25, 0.3) is 0 Å². The second kappa shape index (κ2) is 10.5. The molecular weight excluding hydrogens is 492 g/mol. The SMILES string of the molecule is COc1ccc(S(=O)(=O)N2CC(C(=O)NCCOc3ccccc3Cl)Oc3ccc(C)cc32)cc1. The number of amides is 1. The van der Waals surface area contributed by atoms with Gasteiger partial charge in [-0.15, -0.1) is 0 Å². The molecule has 35 heavy (non-hydrogen) atoms. The summed E-state index contributed by atoms with van der Waals surface area (Å²) in [5, 5.41) is 3.21. The van der Waals surface area contributed by atoms with Gasteiger partial charge in [-0.2, -0.15) is 0 Å². The fourth-order valence-electron chi connectivity index (χ4n) is 3.61.